The van der Waals surface area contributed by atoms with Gasteiger partial charge >= 0.3 is 0 Å². The zero-order chi connectivity index (χ0) is 17.9. The first-order valence-electron chi connectivity index (χ1n) is 8.06. The Balaban J connectivity index is 1.65. The minimum Gasteiger partial charge on any atom is -0.468 e. The van der Waals surface area contributed by atoms with Gasteiger partial charge in [0.05, 0.1) is 17.7 Å². The van der Waals surface area contributed by atoms with Crippen LogP contribution in [0.1, 0.15) is 16.1 Å². The van der Waals surface area contributed by atoms with Crippen LogP contribution in [0.15, 0.2) is 52.0 Å². The molecule has 2 aromatic rings. The van der Waals surface area contributed by atoms with Gasteiger partial charge in [0.1, 0.15) is 5.76 Å². The molecule has 0 saturated carbocycles. The van der Waals surface area contributed by atoms with Crippen molar-refractivity contribution in [3.05, 3.63) is 54.0 Å². The highest BCUT2D eigenvalue weighted by Crippen LogP contribution is 2.14. The first-order valence-corrected chi connectivity index (χ1v) is 9.54. The second-order valence-electron chi connectivity index (χ2n) is 6.02. The molecule has 3 rings (SSSR count). The van der Waals surface area contributed by atoms with E-state index in [0.29, 0.717) is 24.4 Å². The van der Waals surface area contributed by atoms with Crippen molar-refractivity contribution >= 4 is 15.9 Å². The summed E-state index contributed by atoms with van der Waals surface area (Å²) in [5.41, 5.74) is 0.495. The van der Waals surface area contributed by atoms with Crippen molar-refractivity contribution in [1.82, 2.24) is 14.5 Å². The topological polar surface area (TPSA) is 82.9 Å². The second kappa shape index (κ2) is 7.38. The molecule has 1 aromatic heterocycles. The van der Waals surface area contributed by atoms with Gasteiger partial charge in [0.25, 0.3) is 5.91 Å². The molecule has 0 unspecified atom stereocenters. The highest BCUT2D eigenvalue weighted by atomic mass is 32.2. The number of hydrogen-bond acceptors (Lipinski definition) is 5. The van der Waals surface area contributed by atoms with E-state index in [2.05, 4.69) is 9.62 Å². The zero-order valence-electron chi connectivity index (χ0n) is 14.0. The van der Waals surface area contributed by atoms with Crippen LogP contribution in [0.4, 0.5) is 0 Å². The normalized spacial score (nSPS) is 16.1. The van der Waals surface area contributed by atoms with Crippen molar-refractivity contribution in [1.29, 1.82) is 0 Å². The van der Waals surface area contributed by atoms with Gasteiger partial charge in [-0.05, 0) is 43.4 Å². The lowest BCUT2D eigenvalue weighted by Crippen LogP contribution is -2.47. The van der Waals surface area contributed by atoms with Crippen LogP contribution in [-0.4, -0.2) is 57.4 Å². The molecule has 134 valence electrons. The summed E-state index contributed by atoms with van der Waals surface area (Å²) in [6.07, 6.45) is 1.49. The first-order chi connectivity index (χ1) is 12.0. The minimum absolute atomic E-state index is 0.0689. The molecule has 1 N–H and O–H groups in total. The van der Waals surface area contributed by atoms with Gasteiger partial charge in [-0.2, -0.15) is 0 Å². The zero-order valence-corrected chi connectivity index (χ0v) is 14.8. The monoisotopic (exact) mass is 363 g/mol. The van der Waals surface area contributed by atoms with Crippen molar-refractivity contribution < 1.29 is 17.6 Å². The van der Waals surface area contributed by atoms with Gasteiger partial charge in [0.2, 0.25) is 10.0 Å². The Morgan fingerprint density at radius 3 is 2.40 bits per heavy atom. The van der Waals surface area contributed by atoms with Gasteiger partial charge in [-0.25, -0.2) is 13.1 Å². The molecule has 1 aliphatic rings. The molecule has 0 atom stereocenters. The Bertz CT molecular complexity index is 808. The standard InChI is InChI=1S/C17H21N3O4S/c1-19-8-10-20(11-9-19)17(21)14-4-6-16(7-5-14)25(22,23)18-13-15-3-2-12-24-15/h2-7,12,18H,8-11,13H2,1H3. The van der Waals surface area contributed by atoms with E-state index < -0.39 is 10.0 Å². The fourth-order valence-electron chi connectivity index (χ4n) is 2.63. The Morgan fingerprint density at radius 1 is 1.12 bits per heavy atom. The highest BCUT2D eigenvalue weighted by molar-refractivity contribution is 7.89. The Kier molecular flexibility index (Phi) is 5.22. The maximum absolute atomic E-state index is 12.5. The Labute approximate surface area is 147 Å². The van der Waals surface area contributed by atoms with Crippen molar-refractivity contribution in [2.75, 3.05) is 33.2 Å². The van der Waals surface area contributed by atoms with Crippen molar-refractivity contribution in [3.63, 3.8) is 0 Å². The molecule has 1 fully saturated rings. The SMILES string of the molecule is CN1CCN(C(=O)c2ccc(S(=O)(=O)NCc3ccco3)cc2)CC1. The van der Waals surface area contributed by atoms with Crippen LogP contribution < -0.4 is 4.72 Å². The summed E-state index contributed by atoms with van der Waals surface area (Å²) < 4.78 is 32.2. The van der Waals surface area contributed by atoms with Crippen LogP contribution in [0.3, 0.4) is 0 Å². The third kappa shape index (κ3) is 4.28. The molecule has 1 aromatic carbocycles. The molecule has 1 aliphatic heterocycles. The summed E-state index contributed by atoms with van der Waals surface area (Å²) in [5.74, 6) is 0.464. The number of furan rings is 1. The lowest BCUT2D eigenvalue weighted by Gasteiger charge is -2.32. The summed E-state index contributed by atoms with van der Waals surface area (Å²) in [7, 11) is -1.63. The van der Waals surface area contributed by atoms with Crippen molar-refractivity contribution in [2.24, 2.45) is 0 Å². The quantitative estimate of drug-likeness (QED) is 0.862. The van der Waals surface area contributed by atoms with Crippen LogP contribution >= 0.6 is 0 Å². The third-order valence-electron chi connectivity index (χ3n) is 4.22. The summed E-state index contributed by atoms with van der Waals surface area (Å²) >= 11 is 0. The van der Waals surface area contributed by atoms with Gasteiger partial charge in [0, 0.05) is 31.7 Å². The molecule has 0 spiro atoms. The molecule has 8 heteroatoms. The van der Waals surface area contributed by atoms with E-state index >= 15 is 0 Å². The number of piperazine rings is 1. The molecule has 7 nitrogen and oxygen atoms in total. The average Bonchev–Trinajstić information content (AvgIpc) is 3.14. The lowest BCUT2D eigenvalue weighted by atomic mass is 10.2. The fraction of sp³-hybridized carbons (Fsp3) is 0.353. The Morgan fingerprint density at radius 2 is 1.80 bits per heavy atom. The van der Waals surface area contributed by atoms with Crippen molar-refractivity contribution in [2.45, 2.75) is 11.4 Å². The first kappa shape index (κ1) is 17.7. The maximum Gasteiger partial charge on any atom is 0.253 e. The Hall–Kier alpha value is -2.16. The number of carbonyl (C=O) groups excluding carboxylic acids is 1. The van der Waals surface area contributed by atoms with Crippen molar-refractivity contribution in [3.8, 4) is 0 Å². The van der Waals surface area contributed by atoms with Gasteiger partial charge in [0.15, 0.2) is 0 Å². The summed E-state index contributed by atoms with van der Waals surface area (Å²) in [6.45, 7) is 3.13. The predicted octanol–water partition coefficient (Wildman–Crippen LogP) is 1.15. The van der Waals surface area contributed by atoms with E-state index in [4.69, 9.17) is 4.42 Å². The highest BCUT2D eigenvalue weighted by Gasteiger charge is 2.21. The van der Waals surface area contributed by atoms with Crippen LogP contribution in [0.2, 0.25) is 0 Å². The molecule has 1 saturated heterocycles. The molecule has 1 amide bonds. The number of likely N-dealkylation sites (N-methyl/N-ethyl adjacent to an activating group) is 1. The smallest absolute Gasteiger partial charge is 0.253 e. The number of nitrogens with zero attached hydrogens (tertiary/aromatic N) is 2. The van der Waals surface area contributed by atoms with Crippen LogP contribution in [0.25, 0.3) is 0 Å². The number of benzene rings is 1. The minimum atomic E-state index is -3.65. The molecule has 2 heterocycles. The number of rotatable bonds is 5. The molecule has 0 bridgehead atoms. The summed E-state index contributed by atoms with van der Waals surface area (Å²) in [6, 6.07) is 9.41. The molecule has 0 radical (unpaired) electrons. The van der Waals surface area contributed by atoms with E-state index in [0.717, 1.165) is 13.1 Å². The largest absolute Gasteiger partial charge is 0.468 e. The van der Waals surface area contributed by atoms with Crippen LogP contribution in [-0.2, 0) is 16.6 Å². The van der Waals surface area contributed by atoms with Crippen LogP contribution in [0, 0.1) is 0 Å². The predicted molar refractivity (Wildman–Crippen MR) is 92.6 cm³/mol. The maximum atomic E-state index is 12.5. The van der Waals surface area contributed by atoms with E-state index in [1.165, 1.54) is 18.4 Å². The van der Waals surface area contributed by atoms with Gasteiger partial charge in [-0.3, -0.25) is 4.79 Å². The number of amides is 1. The van der Waals surface area contributed by atoms with E-state index in [1.807, 2.05) is 7.05 Å². The van der Waals surface area contributed by atoms with Gasteiger partial charge in [-0.15, -0.1) is 0 Å². The molecular weight excluding hydrogens is 342 g/mol. The van der Waals surface area contributed by atoms with E-state index in [1.54, 1.807) is 29.2 Å². The van der Waals surface area contributed by atoms with E-state index in [-0.39, 0.29) is 17.3 Å². The molecule has 0 aliphatic carbocycles. The summed E-state index contributed by atoms with van der Waals surface area (Å²) in [4.78, 5) is 16.6. The molecule has 25 heavy (non-hydrogen) atoms. The van der Waals surface area contributed by atoms with Gasteiger partial charge in [-0.1, -0.05) is 0 Å². The number of nitrogens with one attached hydrogen (secondary N) is 1. The fourth-order valence-corrected chi connectivity index (χ4v) is 3.62. The number of carbonyl (C=O) groups is 1. The summed E-state index contributed by atoms with van der Waals surface area (Å²) in [5, 5.41) is 0. The van der Waals surface area contributed by atoms with Gasteiger partial charge < -0.3 is 14.2 Å². The number of hydrogen-bond donors (Lipinski definition) is 1. The van der Waals surface area contributed by atoms with Crippen LogP contribution in [0.5, 0.6) is 0 Å². The lowest BCUT2D eigenvalue weighted by molar-refractivity contribution is 0.0664. The average molecular weight is 363 g/mol. The van der Waals surface area contributed by atoms with E-state index in [9.17, 15) is 13.2 Å². The second-order valence-corrected chi connectivity index (χ2v) is 7.79. The third-order valence-corrected chi connectivity index (χ3v) is 5.64. The molecular formula is C17H21N3O4S. The number of sulfonamides is 1.